The highest BCUT2D eigenvalue weighted by molar-refractivity contribution is 5.98. The molecule has 0 unspecified atom stereocenters. The molecule has 0 saturated carbocycles. The molecule has 0 aliphatic carbocycles. The molecule has 0 aromatic carbocycles. The van der Waals surface area contributed by atoms with Crippen molar-refractivity contribution in [2.24, 2.45) is 0 Å². The maximum absolute atomic E-state index is 12.0. The van der Waals surface area contributed by atoms with E-state index >= 15 is 0 Å². The van der Waals surface area contributed by atoms with Crippen LogP contribution in [0.15, 0.2) is 18.3 Å². The summed E-state index contributed by atoms with van der Waals surface area (Å²) in [6.45, 7) is 3.36. The van der Waals surface area contributed by atoms with Gasteiger partial charge in [-0.1, -0.05) is 0 Å². The maximum atomic E-state index is 12.0. The van der Waals surface area contributed by atoms with Gasteiger partial charge in [0, 0.05) is 39.9 Å². The summed E-state index contributed by atoms with van der Waals surface area (Å²) >= 11 is 0. The highest BCUT2D eigenvalue weighted by Gasteiger charge is 2.11. The van der Waals surface area contributed by atoms with Crippen molar-refractivity contribution in [3.8, 4) is 0 Å². The van der Waals surface area contributed by atoms with Gasteiger partial charge in [-0.3, -0.25) is 4.79 Å². The average Bonchev–Trinajstić information content (AvgIpc) is 2.44. The second-order valence-electron chi connectivity index (χ2n) is 4.31. The predicted octanol–water partition coefficient (Wildman–Crippen LogP) is 0.514. The number of aromatic nitrogens is 1. The minimum atomic E-state index is -0.215. The molecule has 3 N–H and O–H groups in total. The quantitative estimate of drug-likeness (QED) is 0.662. The molecule has 0 bridgehead atoms. The summed E-state index contributed by atoms with van der Waals surface area (Å²) in [6, 6.07) is 3.23. The van der Waals surface area contributed by atoms with E-state index in [1.807, 2.05) is 6.92 Å². The molecule has 1 rings (SSSR count). The predicted molar refractivity (Wildman–Crippen MR) is 77.8 cm³/mol. The molecule has 3 amide bonds. The van der Waals surface area contributed by atoms with E-state index in [9.17, 15) is 9.59 Å². The molecule has 1 heterocycles. The van der Waals surface area contributed by atoms with E-state index in [1.54, 1.807) is 32.4 Å². The second-order valence-corrected chi connectivity index (χ2v) is 4.31. The van der Waals surface area contributed by atoms with Gasteiger partial charge in [0.05, 0.1) is 5.56 Å². The minimum absolute atomic E-state index is 0.186. The van der Waals surface area contributed by atoms with Crippen molar-refractivity contribution >= 4 is 17.8 Å². The number of carbonyl (C=O) groups is 2. The molecule has 0 atom stereocenters. The molecule has 1 aromatic rings. The fourth-order valence-corrected chi connectivity index (χ4v) is 1.50. The van der Waals surface area contributed by atoms with Gasteiger partial charge >= 0.3 is 6.03 Å². The Morgan fingerprint density at radius 1 is 1.25 bits per heavy atom. The van der Waals surface area contributed by atoms with Gasteiger partial charge in [-0.2, -0.15) is 0 Å². The highest BCUT2D eigenvalue weighted by Crippen LogP contribution is 2.10. The zero-order chi connectivity index (χ0) is 15.0. The lowest BCUT2D eigenvalue weighted by Gasteiger charge is -2.13. The van der Waals surface area contributed by atoms with Crippen molar-refractivity contribution in [1.82, 2.24) is 20.5 Å². The van der Waals surface area contributed by atoms with Gasteiger partial charge < -0.3 is 20.9 Å². The van der Waals surface area contributed by atoms with Crippen LogP contribution in [0.25, 0.3) is 0 Å². The molecule has 0 aliphatic heterocycles. The van der Waals surface area contributed by atoms with Gasteiger partial charge in [-0.15, -0.1) is 0 Å². The van der Waals surface area contributed by atoms with E-state index in [2.05, 4.69) is 20.9 Å². The summed E-state index contributed by atoms with van der Waals surface area (Å²) in [5, 5.41) is 8.44. The van der Waals surface area contributed by atoms with Crippen LogP contribution >= 0.6 is 0 Å². The number of hydrogen-bond acceptors (Lipinski definition) is 4. The smallest absolute Gasteiger partial charge is 0.316 e. The summed E-state index contributed by atoms with van der Waals surface area (Å²) in [5.74, 6) is 0.345. The fraction of sp³-hybridized carbons (Fsp3) is 0.462. The molecular weight excluding hydrogens is 258 g/mol. The second kappa shape index (κ2) is 7.98. The molecule has 7 heteroatoms. The van der Waals surface area contributed by atoms with Crippen LogP contribution < -0.4 is 16.0 Å². The standard InChI is InChI=1S/C13H21N5O2/c1-4-14-11-10(6-5-7-15-11)12(19)16-8-9-17-13(20)18(2)3/h5-7H,4,8-9H2,1-3H3,(H,14,15)(H,16,19)(H,17,20). The molecule has 0 spiro atoms. The molecular formula is C13H21N5O2. The topological polar surface area (TPSA) is 86.4 Å². The summed E-state index contributed by atoms with van der Waals surface area (Å²) in [7, 11) is 3.32. The Bertz CT molecular complexity index is 462. The minimum Gasteiger partial charge on any atom is -0.370 e. The summed E-state index contributed by atoms with van der Waals surface area (Å²) in [4.78, 5) is 28.8. The first kappa shape index (κ1) is 15.7. The van der Waals surface area contributed by atoms with Crippen LogP contribution in [0.5, 0.6) is 0 Å². The molecule has 7 nitrogen and oxygen atoms in total. The molecule has 0 radical (unpaired) electrons. The van der Waals surface area contributed by atoms with Crippen LogP contribution in [0.3, 0.4) is 0 Å². The van der Waals surface area contributed by atoms with E-state index < -0.39 is 0 Å². The number of rotatable bonds is 6. The van der Waals surface area contributed by atoms with Gasteiger partial charge in [-0.25, -0.2) is 9.78 Å². The summed E-state index contributed by atoms with van der Waals surface area (Å²) in [6.07, 6.45) is 1.63. The van der Waals surface area contributed by atoms with E-state index in [1.165, 1.54) is 4.90 Å². The monoisotopic (exact) mass is 279 g/mol. The Morgan fingerprint density at radius 3 is 2.60 bits per heavy atom. The largest absolute Gasteiger partial charge is 0.370 e. The Hall–Kier alpha value is -2.31. The van der Waals surface area contributed by atoms with E-state index in [-0.39, 0.29) is 11.9 Å². The lowest BCUT2D eigenvalue weighted by Crippen LogP contribution is -2.39. The number of hydrogen-bond donors (Lipinski definition) is 3. The first-order chi connectivity index (χ1) is 9.56. The van der Waals surface area contributed by atoms with Crippen LogP contribution in [-0.4, -0.2) is 55.6 Å². The molecule has 0 saturated heterocycles. The van der Waals surface area contributed by atoms with Crippen LogP contribution in [0, 0.1) is 0 Å². The highest BCUT2D eigenvalue weighted by atomic mass is 16.2. The molecule has 20 heavy (non-hydrogen) atoms. The van der Waals surface area contributed by atoms with E-state index in [0.29, 0.717) is 31.0 Å². The first-order valence-electron chi connectivity index (χ1n) is 6.48. The van der Waals surface area contributed by atoms with Gasteiger partial charge in [-0.05, 0) is 19.1 Å². The first-order valence-corrected chi connectivity index (χ1v) is 6.48. The lowest BCUT2D eigenvalue weighted by atomic mass is 10.2. The van der Waals surface area contributed by atoms with Crippen LogP contribution in [0.2, 0.25) is 0 Å². The van der Waals surface area contributed by atoms with Gasteiger partial charge in [0.25, 0.3) is 5.91 Å². The summed E-state index contributed by atoms with van der Waals surface area (Å²) < 4.78 is 0. The third-order valence-corrected chi connectivity index (χ3v) is 2.49. The normalized spacial score (nSPS) is 9.75. The Labute approximate surface area is 118 Å². The zero-order valence-electron chi connectivity index (χ0n) is 12.1. The number of carbonyl (C=O) groups excluding carboxylic acids is 2. The SMILES string of the molecule is CCNc1ncccc1C(=O)NCCNC(=O)N(C)C. The van der Waals surface area contributed by atoms with Crippen LogP contribution in [0.1, 0.15) is 17.3 Å². The van der Waals surface area contributed by atoms with Gasteiger partial charge in [0.1, 0.15) is 5.82 Å². The van der Waals surface area contributed by atoms with Crippen molar-refractivity contribution in [3.05, 3.63) is 23.9 Å². The third-order valence-electron chi connectivity index (χ3n) is 2.49. The number of urea groups is 1. The van der Waals surface area contributed by atoms with Crippen LogP contribution in [-0.2, 0) is 0 Å². The van der Waals surface area contributed by atoms with Crippen molar-refractivity contribution < 1.29 is 9.59 Å². The van der Waals surface area contributed by atoms with Crippen LogP contribution in [0.4, 0.5) is 10.6 Å². The maximum Gasteiger partial charge on any atom is 0.316 e. The van der Waals surface area contributed by atoms with E-state index in [0.717, 1.165) is 0 Å². The van der Waals surface area contributed by atoms with E-state index in [4.69, 9.17) is 0 Å². The molecule has 110 valence electrons. The molecule has 0 aliphatic rings. The molecule has 1 aromatic heterocycles. The van der Waals surface area contributed by atoms with Gasteiger partial charge in [0.15, 0.2) is 0 Å². The number of amides is 3. The number of nitrogens with zero attached hydrogens (tertiary/aromatic N) is 2. The Morgan fingerprint density at radius 2 is 1.95 bits per heavy atom. The Kier molecular flexibility index (Phi) is 6.28. The zero-order valence-corrected chi connectivity index (χ0v) is 12.1. The van der Waals surface area contributed by atoms with Gasteiger partial charge in [0.2, 0.25) is 0 Å². The van der Waals surface area contributed by atoms with Crippen molar-refractivity contribution in [2.45, 2.75) is 6.92 Å². The third kappa shape index (κ3) is 4.75. The summed E-state index contributed by atoms with van der Waals surface area (Å²) in [5.41, 5.74) is 0.494. The Balaban J connectivity index is 2.45. The number of nitrogens with one attached hydrogen (secondary N) is 3. The van der Waals surface area contributed by atoms with Crippen molar-refractivity contribution in [3.63, 3.8) is 0 Å². The van der Waals surface area contributed by atoms with Crippen molar-refractivity contribution in [2.75, 3.05) is 39.0 Å². The molecule has 0 fully saturated rings. The fourth-order valence-electron chi connectivity index (χ4n) is 1.50. The average molecular weight is 279 g/mol. The lowest BCUT2D eigenvalue weighted by molar-refractivity contribution is 0.0954. The van der Waals surface area contributed by atoms with Crippen molar-refractivity contribution in [1.29, 1.82) is 0 Å². The number of pyridine rings is 1. The number of anilines is 1.